The van der Waals surface area contributed by atoms with Crippen molar-refractivity contribution in [3.63, 3.8) is 0 Å². The molecule has 8 nitrogen and oxygen atoms in total. The van der Waals surface area contributed by atoms with Crippen LogP contribution in [0.25, 0.3) is 10.2 Å². The molecule has 0 saturated carbocycles. The molecular weight excluding hydrogens is 422 g/mol. The fraction of sp³-hybridized carbons (Fsp3) is 0.478. The Labute approximate surface area is 192 Å². The maximum Gasteiger partial charge on any atom is 0.146 e. The summed E-state index contributed by atoms with van der Waals surface area (Å²) in [5.41, 5.74) is 1.93. The minimum atomic E-state index is 0.645. The molecule has 5 heterocycles. The summed E-state index contributed by atoms with van der Waals surface area (Å²) in [6.45, 7) is 11.9. The molecule has 32 heavy (non-hydrogen) atoms. The number of ether oxygens (including phenoxy) is 1. The van der Waals surface area contributed by atoms with Gasteiger partial charge in [0.2, 0.25) is 0 Å². The summed E-state index contributed by atoms with van der Waals surface area (Å²) in [5, 5.41) is 10.4. The number of rotatable bonds is 4. The van der Waals surface area contributed by atoms with Gasteiger partial charge < -0.3 is 14.5 Å². The Morgan fingerprint density at radius 1 is 1.06 bits per heavy atom. The first kappa shape index (κ1) is 21.1. The Kier molecular flexibility index (Phi) is 5.91. The SMILES string of the molecule is Cc1sc2nc(CN3CCOCC3)nc(N3CCN(c4cc(C#N)ccn4)CC3)c2c1C. The monoisotopic (exact) mass is 449 g/mol. The first-order chi connectivity index (χ1) is 15.6. The van der Waals surface area contributed by atoms with Gasteiger partial charge in [-0.25, -0.2) is 15.0 Å². The second-order valence-electron chi connectivity index (χ2n) is 8.30. The maximum absolute atomic E-state index is 9.20. The number of morpholine rings is 1. The summed E-state index contributed by atoms with van der Waals surface area (Å²) in [6, 6.07) is 5.82. The number of pyridine rings is 1. The molecular formula is C23H27N7OS. The zero-order chi connectivity index (χ0) is 22.1. The molecule has 5 rings (SSSR count). The molecule has 166 valence electrons. The fourth-order valence-corrected chi connectivity index (χ4v) is 5.38. The van der Waals surface area contributed by atoms with Crippen LogP contribution >= 0.6 is 11.3 Å². The number of nitriles is 1. The van der Waals surface area contributed by atoms with Crippen molar-refractivity contribution < 1.29 is 4.74 Å². The molecule has 0 bridgehead atoms. The Hall–Kier alpha value is -2.80. The molecule has 0 spiro atoms. The van der Waals surface area contributed by atoms with E-state index in [9.17, 15) is 5.26 Å². The topological polar surface area (TPSA) is 81.4 Å². The van der Waals surface area contributed by atoms with E-state index >= 15 is 0 Å². The third-order valence-electron chi connectivity index (χ3n) is 6.30. The molecule has 9 heteroatoms. The van der Waals surface area contributed by atoms with Crippen LogP contribution in [-0.4, -0.2) is 72.3 Å². The minimum Gasteiger partial charge on any atom is -0.379 e. The number of aromatic nitrogens is 3. The predicted molar refractivity (Wildman–Crippen MR) is 126 cm³/mol. The maximum atomic E-state index is 9.20. The molecule has 0 atom stereocenters. The van der Waals surface area contributed by atoms with Gasteiger partial charge in [-0.05, 0) is 31.5 Å². The molecule has 0 amide bonds. The molecule has 0 radical (unpaired) electrons. The van der Waals surface area contributed by atoms with Crippen LogP contribution in [0.4, 0.5) is 11.6 Å². The van der Waals surface area contributed by atoms with Crippen molar-refractivity contribution in [2.24, 2.45) is 0 Å². The molecule has 0 unspecified atom stereocenters. The van der Waals surface area contributed by atoms with Crippen LogP contribution in [0, 0.1) is 25.2 Å². The Morgan fingerprint density at radius 2 is 1.81 bits per heavy atom. The summed E-state index contributed by atoms with van der Waals surface area (Å²) < 4.78 is 5.49. The molecule has 2 saturated heterocycles. The number of nitrogens with zero attached hydrogens (tertiary/aromatic N) is 7. The van der Waals surface area contributed by atoms with Crippen LogP contribution in [-0.2, 0) is 11.3 Å². The number of piperazine rings is 1. The zero-order valence-corrected chi connectivity index (χ0v) is 19.4. The van der Waals surface area contributed by atoms with E-state index in [0.29, 0.717) is 5.56 Å². The number of thiophene rings is 1. The van der Waals surface area contributed by atoms with Gasteiger partial charge in [-0.2, -0.15) is 5.26 Å². The molecule has 3 aromatic heterocycles. The summed E-state index contributed by atoms with van der Waals surface area (Å²) in [5.74, 6) is 2.81. The van der Waals surface area contributed by atoms with Crippen LogP contribution < -0.4 is 9.80 Å². The summed E-state index contributed by atoms with van der Waals surface area (Å²) in [6.07, 6.45) is 1.71. The van der Waals surface area contributed by atoms with E-state index in [1.165, 1.54) is 15.8 Å². The third kappa shape index (κ3) is 4.13. The first-order valence-corrected chi connectivity index (χ1v) is 11.9. The highest BCUT2D eigenvalue weighted by atomic mass is 32.1. The predicted octanol–water partition coefficient (Wildman–Crippen LogP) is 2.73. The van der Waals surface area contributed by atoms with E-state index in [2.05, 4.69) is 39.6 Å². The minimum absolute atomic E-state index is 0.645. The Morgan fingerprint density at radius 3 is 2.56 bits per heavy atom. The van der Waals surface area contributed by atoms with E-state index in [-0.39, 0.29) is 0 Å². The van der Waals surface area contributed by atoms with Gasteiger partial charge in [0.15, 0.2) is 0 Å². The van der Waals surface area contributed by atoms with Gasteiger partial charge in [0.05, 0.1) is 36.8 Å². The highest BCUT2D eigenvalue weighted by Crippen LogP contribution is 2.35. The van der Waals surface area contributed by atoms with Crippen LogP contribution in [0.1, 0.15) is 21.8 Å². The fourth-order valence-electron chi connectivity index (χ4n) is 4.34. The van der Waals surface area contributed by atoms with E-state index in [1.807, 2.05) is 6.07 Å². The number of hydrogen-bond donors (Lipinski definition) is 0. The lowest BCUT2D eigenvalue weighted by Gasteiger charge is -2.36. The van der Waals surface area contributed by atoms with Gasteiger partial charge in [0, 0.05) is 50.3 Å². The Balaban J connectivity index is 1.40. The average Bonchev–Trinajstić information content (AvgIpc) is 3.12. The largest absolute Gasteiger partial charge is 0.379 e. The van der Waals surface area contributed by atoms with E-state index in [1.54, 1.807) is 23.6 Å². The number of aryl methyl sites for hydroxylation is 2. The second kappa shape index (κ2) is 8.98. The average molecular weight is 450 g/mol. The van der Waals surface area contributed by atoms with Crippen molar-refractivity contribution in [1.29, 1.82) is 5.26 Å². The molecule has 2 fully saturated rings. The highest BCUT2D eigenvalue weighted by molar-refractivity contribution is 7.18. The van der Waals surface area contributed by atoms with Gasteiger partial charge in [-0.15, -0.1) is 11.3 Å². The second-order valence-corrected chi connectivity index (χ2v) is 9.51. The summed E-state index contributed by atoms with van der Waals surface area (Å²) >= 11 is 1.76. The zero-order valence-electron chi connectivity index (χ0n) is 18.5. The van der Waals surface area contributed by atoms with Gasteiger partial charge in [-0.3, -0.25) is 4.90 Å². The third-order valence-corrected chi connectivity index (χ3v) is 7.40. The molecule has 0 N–H and O–H groups in total. The van der Waals surface area contributed by atoms with Crippen LogP contribution in [0.3, 0.4) is 0 Å². The summed E-state index contributed by atoms with van der Waals surface area (Å²) in [4.78, 5) is 23.9. The lowest BCUT2D eigenvalue weighted by atomic mass is 10.2. The van der Waals surface area contributed by atoms with Crippen molar-refractivity contribution in [2.75, 3.05) is 62.3 Å². The van der Waals surface area contributed by atoms with E-state index in [0.717, 1.165) is 81.3 Å². The first-order valence-electron chi connectivity index (χ1n) is 11.0. The molecule has 2 aliphatic rings. The normalized spacial score (nSPS) is 17.7. The van der Waals surface area contributed by atoms with E-state index in [4.69, 9.17) is 14.7 Å². The Bertz CT molecular complexity index is 1160. The smallest absolute Gasteiger partial charge is 0.146 e. The highest BCUT2D eigenvalue weighted by Gasteiger charge is 2.25. The van der Waals surface area contributed by atoms with Crippen molar-refractivity contribution in [3.8, 4) is 6.07 Å². The van der Waals surface area contributed by atoms with Crippen LogP contribution in [0.2, 0.25) is 0 Å². The van der Waals surface area contributed by atoms with Crippen molar-refractivity contribution in [1.82, 2.24) is 19.9 Å². The van der Waals surface area contributed by atoms with Crippen LogP contribution in [0.5, 0.6) is 0 Å². The van der Waals surface area contributed by atoms with Crippen molar-refractivity contribution in [3.05, 3.63) is 40.2 Å². The number of fused-ring (bicyclic) bond motifs is 1. The standard InChI is InChI=1S/C23H27N7OS/c1-16-17(2)32-23-21(16)22(26-19(27-23)15-28-9-11-31-12-10-28)30-7-5-29(6-8-30)20-13-18(14-24)3-4-25-20/h3-4,13H,5-12,15H2,1-2H3. The molecule has 2 aliphatic heterocycles. The molecule has 0 aliphatic carbocycles. The lowest BCUT2D eigenvalue weighted by molar-refractivity contribution is 0.0331. The van der Waals surface area contributed by atoms with Crippen LogP contribution in [0.15, 0.2) is 18.3 Å². The molecule has 3 aromatic rings. The van der Waals surface area contributed by atoms with Crippen molar-refractivity contribution >= 4 is 33.2 Å². The van der Waals surface area contributed by atoms with Gasteiger partial charge in [-0.1, -0.05) is 0 Å². The number of hydrogen-bond acceptors (Lipinski definition) is 9. The summed E-state index contributed by atoms with van der Waals surface area (Å²) in [7, 11) is 0. The number of anilines is 2. The van der Waals surface area contributed by atoms with Gasteiger partial charge >= 0.3 is 0 Å². The van der Waals surface area contributed by atoms with Crippen molar-refractivity contribution in [2.45, 2.75) is 20.4 Å². The van der Waals surface area contributed by atoms with Gasteiger partial charge in [0.1, 0.15) is 22.3 Å². The quantitative estimate of drug-likeness (QED) is 0.601. The molecule has 0 aromatic carbocycles. The van der Waals surface area contributed by atoms with Gasteiger partial charge in [0.25, 0.3) is 0 Å². The lowest BCUT2D eigenvalue weighted by Crippen LogP contribution is -2.47. The van der Waals surface area contributed by atoms with E-state index < -0.39 is 0 Å².